The summed E-state index contributed by atoms with van der Waals surface area (Å²) in [6.45, 7) is -0.259. The number of nitro groups is 1. The molecule has 0 amide bonds. The van der Waals surface area contributed by atoms with Crippen molar-refractivity contribution in [2.24, 2.45) is 5.11 Å². The molecule has 0 saturated heterocycles. The van der Waals surface area contributed by atoms with Crippen molar-refractivity contribution in [2.45, 2.75) is 4.90 Å². The topological polar surface area (TPSA) is 126 Å². The smallest absolute Gasteiger partial charge is 0.258 e. The van der Waals surface area contributed by atoms with Gasteiger partial charge in [0.05, 0.1) is 10.7 Å². The van der Waals surface area contributed by atoms with Gasteiger partial charge in [-0.3, -0.25) is 10.1 Å². The number of hydrogen-bond donors (Lipinski definition) is 0. The van der Waals surface area contributed by atoms with Crippen molar-refractivity contribution in [3.05, 3.63) is 44.8 Å². The molecule has 8 nitrogen and oxygen atoms in total. The lowest BCUT2D eigenvalue weighted by Gasteiger charge is -2.02. The Morgan fingerprint density at radius 1 is 1.41 bits per heavy atom. The molecule has 0 heterocycles. The molecule has 0 aliphatic rings. The van der Waals surface area contributed by atoms with Crippen LogP contribution in [0.25, 0.3) is 10.4 Å². The van der Waals surface area contributed by atoms with Gasteiger partial charge in [-0.1, -0.05) is 17.2 Å². The van der Waals surface area contributed by atoms with Gasteiger partial charge in [0.1, 0.15) is 4.90 Å². The molecule has 0 radical (unpaired) electrons. The molecule has 9 heteroatoms. The Morgan fingerprint density at radius 3 is 2.65 bits per heavy atom. The monoisotopic (exact) mass is 256 g/mol. The van der Waals surface area contributed by atoms with Crippen LogP contribution in [0.1, 0.15) is 0 Å². The molecule has 0 fully saturated rings. The van der Waals surface area contributed by atoms with Crippen molar-refractivity contribution in [1.29, 1.82) is 0 Å². The van der Waals surface area contributed by atoms with Crippen molar-refractivity contribution < 1.29 is 13.3 Å². The molecule has 90 valence electrons. The first-order valence-corrected chi connectivity index (χ1v) is 6.11. The first-order valence-electron chi connectivity index (χ1n) is 4.46. The van der Waals surface area contributed by atoms with Gasteiger partial charge in [-0.05, 0) is 11.6 Å². The second kappa shape index (κ2) is 5.28. The highest BCUT2D eigenvalue weighted by molar-refractivity contribution is 7.91. The summed E-state index contributed by atoms with van der Waals surface area (Å²) in [5.74, 6) is -0.456. The van der Waals surface area contributed by atoms with Crippen LogP contribution >= 0.6 is 0 Å². The van der Waals surface area contributed by atoms with Crippen molar-refractivity contribution in [3.8, 4) is 0 Å². The van der Waals surface area contributed by atoms with E-state index in [1.165, 1.54) is 12.1 Å². The zero-order valence-corrected chi connectivity index (χ0v) is 9.37. The van der Waals surface area contributed by atoms with Crippen LogP contribution in [0.15, 0.2) is 34.3 Å². The molecule has 1 rings (SSSR count). The van der Waals surface area contributed by atoms with E-state index in [2.05, 4.69) is 10.0 Å². The van der Waals surface area contributed by atoms with Crippen molar-refractivity contribution >= 4 is 15.5 Å². The van der Waals surface area contributed by atoms with E-state index < -0.39 is 26.2 Å². The van der Waals surface area contributed by atoms with Gasteiger partial charge in [-0.15, -0.1) is 0 Å². The fourth-order valence-electron chi connectivity index (χ4n) is 1.19. The third-order valence-corrected chi connectivity index (χ3v) is 3.66. The summed E-state index contributed by atoms with van der Waals surface area (Å²) >= 11 is 0. The van der Waals surface area contributed by atoms with Gasteiger partial charge in [-0.2, -0.15) is 0 Å². The Bertz CT molecular complexity index is 577. The van der Waals surface area contributed by atoms with E-state index in [-0.39, 0.29) is 11.4 Å². The molecule has 0 unspecified atom stereocenters. The number of nitro benzene ring substituents is 1. The SMILES string of the molecule is [N-]=[N+]=NCCS(=O)(=O)c1ccccc1[N+](=O)[O-]. The van der Waals surface area contributed by atoms with Crippen LogP contribution in [-0.2, 0) is 9.84 Å². The number of azide groups is 1. The van der Waals surface area contributed by atoms with Crippen molar-refractivity contribution in [2.75, 3.05) is 12.3 Å². The highest BCUT2D eigenvalue weighted by Crippen LogP contribution is 2.23. The normalized spacial score (nSPS) is 10.6. The van der Waals surface area contributed by atoms with Crippen LogP contribution in [0.3, 0.4) is 0 Å². The highest BCUT2D eigenvalue weighted by Gasteiger charge is 2.24. The van der Waals surface area contributed by atoms with Crippen LogP contribution < -0.4 is 0 Å². The Kier molecular flexibility index (Phi) is 4.02. The van der Waals surface area contributed by atoms with Crippen molar-refractivity contribution in [1.82, 2.24) is 0 Å². The zero-order valence-electron chi connectivity index (χ0n) is 8.55. The maximum Gasteiger partial charge on any atom is 0.287 e. The summed E-state index contributed by atoms with van der Waals surface area (Å²) in [5.41, 5.74) is 7.55. The summed E-state index contributed by atoms with van der Waals surface area (Å²) in [6.07, 6.45) is 0. The highest BCUT2D eigenvalue weighted by atomic mass is 32.2. The lowest BCUT2D eigenvalue weighted by atomic mass is 10.3. The summed E-state index contributed by atoms with van der Waals surface area (Å²) in [5, 5.41) is 13.7. The summed E-state index contributed by atoms with van der Waals surface area (Å²) in [6, 6.07) is 5.04. The molecule has 1 aromatic carbocycles. The fraction of sp³-hybridized carbons (Fsp3) is 0.250. The maximum atomic E-state index is 11.7. The second-order valence-corrected chi connectivity index (χ2v) is 5.08. The lowest BCUT2D eigenvalue weighted by Crippen LogP contribution is -2.11. The van der Waals surface area contributed by atoms with E-state index in [0.717, 1.165) is 12.1 Å². The average Bonchev–Trinajstić information content (AvgIpc) is 2.29. The largest absolute Gasteiger partial charge is 0.287 e. The van der Waals surface area contributed by atoms with E-state index in [0.29, 0.717) is 0 Å². The van der Waals surface area contributed by atoms with Crippen LogP contribution in [-0.4, -0.2) is 25.6 Å². The predicted octanol–water partition coefficient (Wildman–Crippen LogP) is 1.68. The quantitative estimate of drug-likeness (QED) is 0.261. The number of rotatable bonds is 5. The minimum Gasteiger partial charge on any atom is -0.258 e. The molecule has 0 aliphatic heterocycles. The van der Waals surface area contributed by atoms with Gasteiger partial charge in [0.2, 0.25) is 0 Å². The van der Waals surface area contributed by atoms with Crippen LogP contribution in [0.4, 0.5) is 5.69 Å². The van der Waals surface area contributed by atoms with Crippen LogP contribution in [0.2, 0.25) is 0 Å². The van der Waals surface area contributed by atoms with Gasteiger partial charge in [0, 0.05) is 17.5 Å². The number of para-hydroxylation sites is 1. The first kappa shape index (κ1) is 12.9. The number of sulfone groups is 1. The summed E-state index contributed by atoms with van der Waals surface area (Å²) in [4.78, 5) is 11.9. The lowest BCUT2D eigenvalue weighted by molar-refractivity contribution is -0.387. The second-order valence-electron chi connectivity index (χ2n) is 3.00. The van der Waals surface area contributed by atoms with E-state index in [1.807, 2.05) is 0 Å². The van der Waals surface area contributed by atoms with Gasteiger partial charge in [-0.25, -0.2) is 8.42 Å². The van der Waals surface area contributed by atoms with Gasteiger partial charge < -0.3 is 0 Å². The number of hydrogen-bond acceptors (Lipinski definition) is 5. The Hall–Kier alpha value is -2.12. The molecular formula is C8H8N4O4S. The molecule has 0 aliphatic carbocycles. The Labute approximate surface area is 96.6 Å². The summed E-state index contributed by atoms with van der Waals surface area (Å²) < 4.78 is 23.5. The Morgan fingerprint density at radius 2 is 2.06 bits per heavy atom. The van der Waals surface area contributed by atoms with Gasteiger partial charge >= 0.3 is 0 Å². The van der Waals surface area contributed by atoms with E-state index in [1.54, 1.807) is 0 Å². The van der Waals surface area contributed by atoms with Crippen LogP contribution in [0.5, 0.6) is 0 Å². The number of nitrogens with zero attached hydrogens (tertiary/aromatic N) is 4. The van der Waals surface area contributed by atoms with Gasteiger partial charge in [0.25, 0.3) is 5.69 Å². The molecule has 0 spiro atoms. The molecular weight excluding hydrogens is 248 g/mol. The van der Waals surface area contributed by atoms with E-state index in [9.17, 15) is 18.5 Å². The average molecular weight is 256 g/mol. The molecule has 0 N–H and O–H groups in total. The number of benzene rings is 1. The minimum atomic E-state index is -3.81. The third-order valence-electron chi connectivity index (χ3n) is 1.92. The standard InChI is InChI=1S/C8H8N4O4S/c9-11-10-5-6-17(15,16)8-4-2-1-3-7(8)12(13)14/h1-4H,5-6H2. The molecule has 1 aromatic rings. The first-order chi connectivity index (χ1) is 7.99. The van der Waals surface area contributed by atoms with Gasteiger partial charge in [0.15, 0.2) is 9.84 Å². The summed E-state index contributed by atoms with van der Waals surface area (Å²) in [7, 11) is -3.81. The molecule has 0 bridgehead atoms. The molecule has 0 saturated carbocycles. The maximum absolute atomic E-state index is 11.7. The van der Waals surface area contributed by atoms with E-state index >= 15 is 0 Å². The van der Waals surface area contributed by atoms with Crippen molar-refractivity contribution in [3.63, 3.8) is 0 Å². The Balaban J connectivity index is 3.14. The van der Waals surface area contributed by atoms with Crippen LogP contribution in [0, 0.1) is 10.1 Å². The molecule has 0 aromatic heterocycles. The molecule has 0 atom stereocenters. The minimum absolute atomic E-state index is 0.259. The van der Waals surface area contributed by atoms with E-state index in [4.69, 9.17) is 5.53 Å². The zero-order chi connectivity index (χ0) is 12.9. The molecule has 17 heavy (non-hydrogen) atoms. The predicted molar refractivity (Wildman–Crippen MR) is 59.2 cm³/mol. The fourth-order valence-corrected chi connectivity index (χ4v) is 2.48. The third kappa shape index (κ3) is 3.16.